The minimum Gasteiger partial charge on any atom is -0.494 e. The molecule has 1 heterocycles. The normalized spacial score (nSPS) is 12.0. The highest BCUT2D eigenvalue weighted by Gasteiger charge is 2.06. The molecule has 2 aromatic carbocycles. The van der Waals surface area contributed by atoms with Gasteiger partial charge in [-0.3, -0.25) is 0 Å². The number of hydrogen-bond acceptors (Lipinski definition) is 4. The van der Waals surface area contributed by atoms with E-state index in [4.69, 9.17) is 32.7 Å². The third-order valence-corrected chi connectivity index (χ3v) is 9.64. The second-order valence-corrected chi connectivity index (χ2v) is 14.3. The molecule has 0 bridgehead atoms. The maximum absolute atomic E-state index is 6.60. The van der Waals surface area contributed by atoms with E-state index in [9.17, 15) is 0 Å². The molecule has 274 valence electrons. The first-order valence-corrected chi connectivity index (χ1v) is 20.4. The van der Waals surface area contributed by atoms with Gasteiger partial charge in [-0.05, 0) is 72.5 Å². The zero-order valence-corrected chi connectivity index (χ0v) is 32.5. The van der Waals surface area contributed by atoms with Gasteiger partial charge in [-0.1, -0.05) is 177 Å². The number of unbranched alkanes of at least 4 members (excludes halogenated alkanes) is 18. The number of halogens is 2. The second kappa shape index (κ2) is 26.9. The Hall–Kier alpha value is -2.82. The molecule has 0 saturated carbocycles. The summed E-state index contributed by atoms with van der Waals surface area (Å²) in [5.74, 6) is 1.76. The quantitative estimate of drug-likeness (QED) is 0.0700. The second-order valence-electron chi connectivity index (χ2n) is 13.5. The summed E-state index contributed by atoms with van der Waals surface area (Å²) < 4.78 is 11.9. The number of ether oxygens (including phenoxy) is 2. The van der Waals surface area contributed by atoms with E-state index in [0.29, 0.717) is 21.5 Å². The standard InChI is InChI=1S/C44H62Cl2N2O2/c1-3-5-7-9-11-13-15-17-19-21-33-49-39-27-23-37(24-28-39)35-41(45)43-31-32-44(48-47-43)42(46)36-38-25-29-40(30-26-38)50-34-22-20-18-16-14-12-10-8-6-4-2/h23-32,35-36H,3-22,33-34H2,1-2H3/b41-35-,42-36-. The molecule has 0 atom stereocenters. The van der Waals surface area contributed by atoms with Crippen molar-refractivity contribution in [3.63, 3.8) is 0 Å². The topological polar surface area (TPSA) is 44.2 Å². The van der Waals surface area contributed by atoms with Crippen molar-refractivity contribution in [3.05, 3.63) is 83.2 Å². The van der Waals surface area contributed by atoms with Gasteiger partial charge in [0.25, 0.3) is 0 Å². The molecular formula is C44H62Cl2N2O2. The molecule has 3 aromatic rings. The molecule has 0 unspecified atom stereocenters. The van der Waals surface area contributed by atoms with Crippen LogP contribution >= 0.6 is 23.2 Å². The molecule has 0 N–H and O–H groups in total. The van der Waals surface area contributed by atoms with E-state index in [2.05, 4.69) is 24.0 Å². The maximum Gasteiger partial charge on any atom is 0.119 e. The zero-order valence-electron chi connectivity index (χ0n) is 31.0. The average Bonchev–Trinajstić information content (AvgIpc) is 3.14. The lowest BCUT2D eigenvalue weighted by atomic mass is 10.1. The minimum absolute atomic E-state index is 0.511. The van der Waals surface area contributed by atoms with E-state index in [-0.39, 0.29) is 0 Å². The van der Waals surface area contributed by atoms with Crippen LogP contribution in [-0.2, 0) is 0 Å². The Balaban J connectivity index is 1.33. The highest BCUT2D eigenvalue weighted by Crippen LogP contribution is 2.25. The van der Waals surface area contributed by atoms with Crippen molar-refractivity contribution >= 4 is 45.4 Å². The predicted octanol–water partition coefficient (Wildman–Crippen LogP) is 14.5. The smallest absolute Gasteiger partial charge is 0.119 e. The molecule has 0 saturated heterocycles. The number of hydrogen-bond donors (Lipinski definition) is 0. The highest BCUT2D eigenvalue weighted by molar-refractivity contribution is 6.51. The van der Waals surface area contributed by atoms with Gasteiger partial charge < -0.3 is 9.47 Å². The monoisotopic (exact) mass is 720 g/mol. The van der Waals surface area contributed by atoms with E-state index in [1.807, 2.05) is 72.8 Å². The molecule has 6 heteroatoms. The van der Waals surface area contributed by atoms with Crippen LogP contribution in [0.5, 0.6) is 11.5 Å². The van der Waals surface area contributed by atoms with Crippen LogP contribution in [-0.4, -0.2) is 23.4 Å². The summed E-state index contributed by atoms with van der Waals surface area (Å²) in [5.41, 5.74) is 3.12. The van der Waals surface area contributed by atoms with Gasteiger partial charge in [0, 0.05) is 0 Å². The number of nitrogens with zero attached hydrogens (tertiary/aromatic N) is 2. The summed E-state index contributed by atoms with van der Waals surface area (Å²) in [5, 5.41) is 9.67. The lowest BCUT2D eigenvalue weighted by Gasteiger charge is -2.07. The molecule has 0 aliphatic heterocycles. The molecule has 4 nitrogen and oxygen atoms in total. The van der Waals surface area contributed by atoms with Crippen molar-refractivity contribution in [1.82, 2.24) is 10.2 Å². The van der Waals surface area contributed by atoms with Crippen LogP contribution in [0.4, 0.5) is 0 Å². The fourth-order valence-electron chi connectivity index (χ4n) is 5.91. The van der Waals surface area contributed by atoms with Gasteiger partial charge in [-0.15, -0.1) is 10.2 Å². The maximum atomic E-state index is 6.60. The molecular weight excluding hydrogens is 659 g/mol. The summed E-state index contributed by atoms with van der Waals surface area (Å²) in [4.78, 5) is 0. The van der Waals surface area contributed by atoms with E-state index >= 15 is 0 Å². The Morgan fingerprint density at radius 1 is 0.440 bits per heavy atom. The van der Waals surface area contributed by atoms with Crippen molar-refractivity contribution in [1.29, 1.82) is 0 Å². The van der Waals surface area contributed by atoms with Crippen molar-refractivity contribution in [2.45, 2.75) is 142 Å². The molecule has 0 fully saturated rings. The predicted molar refractivity (Wildman–Crippen MR) is 217 cm³/mol. The van der Waals surface area contributed by atoms with Gasteiger partial charge in [-0.25, -0.2) is 0 Å². The van der Waals surface area contributed by atoms with Crippen molar-refractivity contribution in [2.75, 3.05) is 13.2 Å². The molecule has 50 heavy (non-hydrogen) atoms. The Kier molecular flexibility index (Phi) is 22.4. The molecule has 0 radical (unpaired) electrons. The number of rotatable bonds is 28. The third-order valence-electron chi connectivity index (χ3n) is 9.03. The van der Waals surface area contributed by atoms with Crippen LogP contribution in [0, 0.1) is 0 Å². The van der Waals surface area contributed by atoms with E-state index in [1.54, 1.807) is 0 Å². The van der Waals surface area contributed by atoms with Gasteiger partial charge in [0.15, 0.2) is 0 Å². The summed E-state index contributed by atoms with van der Waals surface area (Å²) in [6.45, 7) is 6.05. The summed E-state index contributed by atoms with van der Waals surface area (Å²) in [6, 6.07) is 19.7. The summed E-state index contributed by atoms with van der Waals surface area (Å²) >= 11 is 13.2. The Labute approximate surface area is 314 Å². The van der Waals surface area contributed by atoms with Crippen LogP contribution < -0.4 is 9.47 Å². The van der Waals surface area contributed by atoms with Crippen LogP contribution in [0.3, 0.4) is 0 Å². The van der Waals surface area contributed by atoms with Gasteiger partial charge >= 0.3 is 0 Å². The summed E-state index contributed by atoms with van der Waals surface area (Å²) in [7, 11) is 0. The SMILES string of the molecule is CCCCCCCCCCCCOc1ccc(/C=C(\Cl)c2ccc(/C(Cl)=C/c3ccc(OCCCCCCCCCCCC)cc3)nn2)cc1. The van der Waals surface area contributed by atoms with Crippen LogP contribution in [0.15, 0.2) is 60.7 Å². The van der Waals surface area contributed by atoms with E-state index < -0.39 is 0 Å². The number of aromatic nitrogens is 2. The fourth-order valence-corrected chi connectivity index (χ4v) is 6.36. The molecule has 1 aromatic heterocycles. The van der Waals surface area contributed by atoms with Crippen LogP contribution in [0.25, 0.3) is 22.2 Å². The van der Waals surface area contributed by atoms with Gasteiger partial charge in [0.05, 0.1) is 23.3 Å². The first-order valence-electron chi connectivity index (χ1n) is 19.6. The van der Waals surface area contributed by atoms with Crippen molar-refractivity contribution < 1.29 is 9.47 Å². The number of benzene rings is 2. The van der Waals surface area contributed by atoms with Crippen LogP contribution in [0.2, 0.25) is 0 Å². The van der Waals surface area contributed by atoms with Gasteiger partial charge in [-0.2, -0.15) is 0 Å². The molecule has 0 amide bonds. The van der Waals surface area contributed by atoms with Crippen LogP contribution in [0.1, 0.15) is 165 Å². The Morgan fingerprint density at radius 3 is 1.04 bits per heavy atom. The highest BCUT2D eigenvalue weighted by atomic mass is 35.5. The van der Waals surface area contributed by atoms with Gasteiger partial charge in [0.1, 0.15) is 22.9 Å². The third kappa shape index (κ3) is 18.4. The molecule has 0 aliphatic rings. The zero-order chi connectivity index (χ0) is 35.5. The fraction of sp³-hybridized carbons (Fsp3) is 0.545. The van der Waals surface area contributed by atoms with E-state index in [0.717, 1.165) is 48.7 Å². The lowest BCUT2D eigenvalue weighted by Crippen LogP contribution is -1.97. The molecule has 0 aliphatic carbocycles. The minimum atomic E-state index is 0.511. The largest absolute Gasteiger partial charge is 0.494 e. The Morgan fingerprint density at radius 2 is 0.740 bits per heavy atom. The van der Waals surface area contributed by atoms with Crippen molar-refractivity contribution in [2.24, 2.45) is 0 Å². The average molecular weight is 722 g/mol. The van der Waals surface area contributed by atoms with Crippen molar-refractivity contribution in [3.8, 4) is 11.5 Å². The Bertz CT molecular complexity index is 1230. The summed E-state index contributed by atoms with van der Waals surface area (Å²) in [6.07, 6.45) is 30.2. The van der Waals surface area contributed by atoms with Gasteiger partial charge in [0.2, 0.25) is 0 Å². The molecule has 3 rings (SSSR count). The first kappa shape index (κ1) is 41.6. The molecule has 0 spiro atoms. The first-order chi connectivity index (χ1) is 24.6. The van der Waals surface area contributed by atoms with E-state index in [1.165, 1.54) is 116 Å². The lowest BCUT2D eigenvalue weighted by molar-refractivity contribution is 0.304.